The van der Waals surface area contributed by atoms with E-state index in [1.165, 1.54) is 0 Å². The molecule has 2 N–H and O–H groups in total. The maximum Gasteiger partial charge on any atom is 0.220 e. The molecule has 0 aliphatic carbocycles. The van der Waals surface area contributed by atoms with Crippen LogP contribution in [0.2, 0.25) is 0 Å². The number of nitrogens with zero attached hydrogens (tertiary/aromatic N) is 1. The van der Waals surface area contributed by atoms with E-state index in [2.05, 4.69) is 11.1 Å². The van der Waals surface area contributed by atoms with E-state index >= 15 is 0 Å². The fraction of sp³-hybridized carbons (Fsp3) is 0.200. The predicted molar refractivity (Wildman–Crippen MR) is 71.7 cm³/mol. The van der Waals surface area contributed by atoms with Crippen molar-refractivity contribution in [1.82, 2.24) is 4.98 Å². The molecule has 0 saturated heterocycles. The summed E-state index contributed by atoms with van der Waals surface area (Å²) in [5.41, 5.74) is 8.58. The highest BCUT2D eigenvalue weighted by Crippen LogP contribution is 2.20. The number of amides is 1. The van der Waals surface area contributed by atoms with Crippen molar-refractivity contribution in [3.63, 3.8) is 0 Å². The minimum absolute atomic E-state index is 0.144. The van der Waals surface area contributed by atoms with Crippen molar-refractivity contribution in [2.75, 3.05) is 0 Å². The van der Waals surface area contributed by atoms with Crippen LogP contribution in [-0.2, 0) is 11.2 Å². The maximum absolute atomic E-state index is 11.1. The van der Waals surface area contributed by atoms with Crippen LogP contribution in [0.1, 0.15) is 12.5 Å². The van der Waals surface area contributed by atoms with Crippen molar-refractivity contribution < 1.29 is 4.79 Å². The highest BCUT2D eigenvalue weighted by molar-refractivity contribution is 5.76. The molecule has 0 fully saturated rings. The number of carbonyl (C=O) groups excluding carboxylic acids is 1. The summed E-state index contributed by atoms with van der Waals surface area (Å²) in [7, 11) is 0. The van der Waals surface area contributed by atoms with Crippen molar-refractivity contribution >= 4 is 5.91 Å². The van der Waals surface area contributed by atoms with Crippen molar-refractivity contribution in [2.24, 2.45) is 11.7 Å². The molecule has 0 aliphatic rings. The summed E-state index contributed by atoms with van der Waals surface area (Å²) in [5, 5.41) is 0. The van der Waals surface area contributed by atoms with E-state index in [1.54, 1.807) is 6.20 Å². The fourth-order valence-electron chi connectivity index (χ4n) is 1.87. The zero-order valence-corrected chi connectivity index (χ0v) is 10.3. The van der Waals surface area contributed by atoms with Gasteiger partial charge < -0.3 is 5.73 Å². The second-order valence-corrected chi connectivity index (χ2v) is 4.45. The van der Waals surface area contributed by atoms with Gasteiger partial charge in [0.15, 0.2) is 0 Å². The quantitative estimate of drug-likeness (QED) is 0.892. The van der Waals surface area contributed by atoms with Crippen LogP contribution in [0, 0.1) is 5.92 Å². The van der Waals surface area contributed by atoms with Crippen LogP contribution >= 0.6 is 0 Å². The van der Waals surface area contributed by atoms with Gasteiger partial charge in [-0.3, -0.25) is 9.78 Å². The van der Waals surface area contributed by atoms with Crippen LogP contribution < -0.4 is 5.73 Å². The molecule has 3 nitrogen and oxygen atoms in total. The summed E-state index contributed by atoms with van der Waals surface area (Å²) in [4.78, 5) is 15.2. The Labute approximate surface area is 107 Å². The predicted octanol–water partition coefficient (Wildman–Crippen LogP) is 2.41. The molecule has 1 heterocycles. The topological polar surface area (TPSA) is 56.0 Å². The van der Waals surface area contributed by atoms with Crippen LogP contribution in [0.25, 0.3) is 11.1 Å². The molecule has 3 heteroatoms. The highest BCUT2D eigenvalue weighted by atomic mass is 16.1. The number of primary amides is 1. The average molecular weight is 240 g/mol. The molecule has 0 saturated carbocycles. The standard InChI is InChI=1S/C15H16N2O/c1-11(15(16)18)8-12-4-2-5-13(9-12)14-6-3-7-17-10-14/h2-7,9-11H,8H2,1H3,(H2,16,18)/t11-/m1/s1. The van der Waals surface area contributed by atoms with Gasteiger partial charge in [0.25, 0.3) is 0 Å². The SMILES string of the molecule is C[C@H](Cc1cccc(-c2cccnc2)c1)C(N)=O. The van der Waals surface area contributed by atoms with E-state index in [0.29, 0.717) is 6.42 Å². The fourth-order valence-corrected chi connectivity index (χ4v) is 1.87. The number of benzene rings is 1. The summed E-state index contributed by atoms with van der Waals surface area (Å²) in [6, 6.07) is 12.0. The Kier molecular flexibility index (Phi) is 3.72. The highest BCUT2D eigenvalue weighted by Gasteiger charge is 2.09. The molecule has 0 unspecified atom stereocenters. The second-order valence-electron chi connectivity index (χ2n) is 4.45. The van der Waals surface area contributed by atoms with E-state index in [9.17, 15) is 4.79 Å². The van der Waals surface area contributed by atoms with Gasteiger partial charge in [-0.05, 0) is 29.2 Å². The molecular formula is C15H16N2O. The first-order valence-electron chi connectivity index (χ1n) is 5.95. The van der Waals surface area contributed by atoms with E-state index in [1.807, 2.05) is 43.5 Å². The second kappa shape index (κ2) is 5.45. The van der Waals surface area contributed by atoms with Crippen LogP contribution in [0.5, 0.6) is 0 Å². The third-order valence-electron chi connectivity index (χ3n) is 2.95. The van der Waals surface area contributed by atoms with E-state index < -0.39 is 0 Å². The molecule has 1 amide bonds. The number of nitrogens with two attached hydrogens (primary N) is 1. The molecule has 0 bridgehead atoms. The lowest BCUT2D eigenvalue weighted by molar-refractivity contribution is -0.121. The van der Waals surface area contributed by atoms with Gasteiger partial charge in [0.05, 0.1) is 0 Å². The first kappa shape index (κ1) is 12.3. The van der Waals surface area contributed by atoms with Gasteiger partial charge in [0, 0.05) is 18.3 Å². The lowest BCUT2D eigenvalue weighted by Gasteiger charge is -2.09. The van der Waals surface area contributed by atoms with Crippen LogP contribution in [0.15, 0.2) is 48.8 Å². The molecule has 2 rings (SSSR count). The molecule has 1 aromatic heterocycles. The zero-order chi connectivity index (χ0) is 13.0. The Morgan fingerprint density at radius 1 is 1.28 bits per heavy atom. The minimum atomic E-state index is -0.262. The number of aromatic nitrogens is 1. The summed E-state index contributed by atoms with van der Waals surface area (Å²) in [5.74, 6) is -0.407. The summed E-state index contributed by atoms with van der Waals surface area (Å²) < 4.78 is 0. The van der Waals surface area contributed by atoms with Gasteiger partial charge in [-0.15, -0.1) is 0 Å². The zero-order valence-electron chi connectivity index (χ0n) is 10.3. The Morgan fingerprint density at radius 3 is 2.72 bits per heavy atom. The third kappa shape index (κ3) is 2.94. The lowest BCUT2D eigenvalue weighted by atomic mass is 9.97. The summed E-state index contributed by atoms with van der Waals surface area (Å²) in [6.45, 7) is 1.85. The molecule has 1 atom stereocenters. The smallest absolute Gasteiger partial charge is 0.220 e. The molecular weight excluding hydrogens is 224 g/mol. The van der Waals surface area contributed by atoms with Crippen LogP contribution in [-0.4, -0.2) is 10.9 Å². The largest absolute Gasteiger partial charge is 0.369 e. The Balaban J connectivity index is 2.23. The lowest BCUT2D eigenvalue weighted by Crippen LogP contribution is -2.22. The molecule has 0 aliphatic heterocycles. The van der Waals surface area contributed by atoms with Gasteiger partial charge in [-0.25, -0.2) is 0 Å². The number of pyridine rings is 1. The molecule has 92 valence electrons. The number of hydrogen-bond donors (Lipinski definition) is 1. The summed E-state index contributed by atoms with van der Waals surface area (Å²) in [6.07, 6.45) is 4.25. The first-order valence-corrected chi connectivity index (χ1v) is 5.95. The van der Waals surface area contributed by atoms with E-state index in [4.69, 9.17) is 5.73 Å². The molecule has 1 aromatic carbocycles. The van der Waals surface area contributed by atoms with E-state index in [0.717, 1.165) is 16.7 Å². The van der Waals surface area contributed by atoms with Crippen LogP contribution in [0.3, 0.4) is 0 Å². The minimum Gasteiger partial charge on any atom is -0.369 e. The number of rotatable bonds is 4. The van der Waals surface area contributed by atoms with E-state index in [-0.39, 0.29) is 11.8 Å². The monoisotopic (exact) mass is 240 g/mol. The normalized spacial score (nSPS) is 12.1. The molecule has 2 aromatic rings. The molecule has 0 spiro atoms. The Hall–Kier alpha value is -2.16. The number of hydrogen-bond acceptors (Lipinski definition) is 2. The van der Waals surface area contributed by atoms with Crippen molar-refractivity contribution in [2.45, 2.75) is 13.3 Å². The molecule has 0 radical (unpaired) electrons. The van der Waals surface area contributed by atoms with Crippen molar-refractivity contribution in [3.8, 4) is 11.1 Å². The Morgan fingerprint density at radius 2 is 2.06 bits per heavy atom. The van der Waals surface area contributed by atoms with Gasteiger partial charge in [-0.2, -0.15) is 0 Å². The Bertz CT molecular complexity index is 537. The van der Waals surface area contributed by atoms with Crippen molar-refractivity contribution in [1.29, 1.82) is 0 Å². The van der Waals surface area contributed by atoms with Gasteiger partial charge in [0.1, 0.15) is 0 Å². The van der Waals surface area contributed by atoms with Crippen LogP contribution in [0.4, 0.5) is 0 Å². The maximum atomic E-state index is 11.1. The van der Waals surface area contributed by atoms with Crippen molar-refractivity contribution in [3.05, 3.63) is 54.4 Å². The van der Waals surface area contributed by atoms with Gasteiger partial charge >= 0.3 is 0 Å². The number of carbonyl (C=O) groups is 1. The third-order valence-corrected chi connectivity index (χ3v) is 2.95. The molecule has 18 heavy (non-hydrogen) atoms. The van der Waals surface area contributed by atoms with Gasteiger partial charge in [-0.1, -0.05) is 37.3 Å². The van der Waals surface area contributed by atoms with Gasteiger partial charge in [0.2, 0.25) is 5.91 Å². The average Bonchev–Trinajstić information content (AvgIpc) is 2.40. The first-order chi connectivity index (χ1) is 8.66. The summed E-state index contributed by atoms with van der Waals surface area (Å²) >= 11 is 0.